The predicted molar refractivity (Wildman–Crippen MR) is 108 cm³/mol. The number of nitrogens with zero attached hydrogens (tertiary/aromatic N) is 2. The van der Waals surface area contributed by atoms with Crippen molar-refractivity contribution in [2.75, 3.05) is 32.7 Å². The van der Waals surface area contributed by atoms with Crippen LogP contribution in [-0.2, 0) is 27.6 Å². The van der Waals surface area contributed by atoms with E-state index in [1.54, 1.807) is 37.1 Å². The average Bonchev–Trinajstić information content (AvgIpc) is 3.24. The number of ether oxygens (including phenoxy) is 2. The van der Waals surface area contributed by atoms with Gasteiger partial charge in [0, 0.05) is 35.7 Å². The molecule has 150 valence electrons. The van der Waals surface area contributed by atoms with Gasteiger partial charge in [0.2, 0.25) is 5.91 Å². The number of carbonyl (C=O) groups is 2. The van der Waals surface area contributed by atoms with Gasteiger partial charge < -0.3 is 20.1 Å². The van der Waals surface area contributed by atoms with E-state index in [9.17, 15) is 9.59 Å². The summed E-state index contributed by atoms with van der Waals surface area (Å²) in [6, 6.07) is 4.83. The van der Waals surface area contributed by atoms with E-state index in [0.29, 0.717) is 35.3 Å². The molecule has 1 aliphatic rings. The van der Waals surface area contributed by atoms with Crippen molar-refractivity contribution in [1.29, 1.82) is 0 Å². The van der Waals surface area contributed by atoms with Crippen molar-refractivity contribution < 1.29 is 19.1 Å². The van der Waals surface area contributed by atoms with Crippen LogP contribution in [0.25, 0.3) is 0 Å². The highest BCUT2D eigenvalue weighted by Gasteiger charge is 2.26. The van der Waals surface area contributed by atoms with Crippen LogP contribution in [0.2, 0.25) is 5.02 Å². The summed E-state index contributed by atoms with van der Waals surface area (Å²) in [6.45, 7) is 0.841. The monoisotopic (exact) mass is 424 g/mol. The van der Waals surface area contributed by atoms with Gasteiger partial charge in [0.05, 0.1) is 25.0 Å². The van der Waals surface area contributed by atoms with Crippen LogP contribution >= 0.6 is 23.4 Å². The lowest BCUT2D eigenvalue weighted by molar-refractivity contribution is -0.122. The molecule has 0 spiro atoms. The number of aromatic nitrogens is 2. The van der Waals surface area contributed by atoms with Crippen LogP contribution in [0.4, 0.5) is 5.82 Å². The lowest BCUT2D eigenvalue weighted by Crippen LogP contribution is -2.31. The first-order chi connectivity index (χ1) is 13.5. The first-order valence-electron chi connectivity index (χ1n) is 8.60. The van der Waals surface area contributed by atoms with Crippen LogP contribution < -0.4 is 15.4 Å². The van der Waals surface area contributed by atoms with Gasteiger partial charge in [-0.05, 0) is 18.2 Å². The molecule has 0 atom stereocenters. The van der Waals surface area contributed by atoms with Crippen LogP contribution in [0, 0.1) is 0 Å². The van der Waals surface area contributed by atoms with E-state index in [-0.39, 0.29) is 18.4 Å². The standard InChI is InChI=1S/C18H21ClN4O4S/c1-26-6-5-20-16(24)8-23-17(13-9-28-10-14(13)22-23)21-18(25)12-7-11(19)3-4-15(12)27-2/h3-4,7H,5-6,8-10H2,1-2H3,(H,20,24)(H,21,25). The highest BCUT2D eigenvalue weighted by atomic mass is 35.5. The summed E-state index contributed by atoms with van der Waals surface area (Å²) in [6.07, 6.45) is 0. The smallest absolute Gasteiger partial charge is 0.260 e. The number of nitrogens with one attached hydrogen (secondary N) is 2. The second-order valence-electron chi connectivity index (χ2n) is 6.07. The molecule has 1 aromatic carbocycles. The molecule has 10 heteroatoms. The molecule has 0 saturated carbocycles. The fourth-order valence-electron chi connectivity index (χ4n) is 2.84. The van der Waals surface area contributed by atoms with Crippen molar-refractivity contribution in [1.82, 2.24) is 15.1 Å². The third-order valence-corrected chi connectivity index (χ3v) is 5.38. The Bertz CT molecular complexity index is 887. The van der Waals surface area contributed by atoms with Gasteiger partial charge in [-0.1, -0.05) is 11.6 Å². The molecule has 0 unspecified atom stereocenters. The topological polar surface area (TPSA) is 94.5 Å². The Morgan fingerprint density at radius 3 is 2.89 bits per heavy atom. The first kappa shape index (κ1) is 20.5. The number of fused-ring (bicyclic) bond motifs is 1. The Morgan fingerprint density at radius 1 is 1.32 bits per heavy atom. The Kier molecular flexibility index (Phi) is 6.82. The fraction of sp³-hybridized carbons (Fsp3) is 0.389. The molecule has 1 aromatic heterocycles. The zero-order valence-electron chi connectivity index (χ0n) is 15.6. The van der Waals surface area contributed by atoms with Crippen molar-refractivity contribution in [3.05, 3.63) is 40.0 Å². The van der Waals surface area contributed by atoms with Gasteiger partial charge in [-0.25, -0.2) is 4.68 Å². The number of hydrogen-bond acceptors (Lipinski definition) is 6. The van der Waals surface area contributed by atoms with E-state index in [2.05, 4.69) is 15.7 Å². The molecule has 28 heavy (non-hydrogen) atoms. The summed E-state index contributed by atoms with van der Waals surface area (Å²) >= 11 is 7.75. The predicted octanol–water partition coefficient (Wildman–Crippen LogP) is 2.31. The second kappa shape index (κ2) is 9.31. The summed E-state index contributed by atoms with van der Waals surface area (Å²) in [5.41, 5.74) is 2.12. The van der Waals surface area contributed by atoms with Crippen LogP contribution in [-0.4, -0.2) is 49.0 Å². The van der Waals surface area contributed by atoms with Crippen molar-refractivity contribution in [3.8, 4) is 5.75 Å². The minimum absolute atomic E-state index is 0.00365. The van der Waals surface area contributed by atoms with Crippen molar-refractivity contribution >= 4 is 41.0 Å². The van der Waals surface area contributed by atoms with Gasteiger partial charge in [-0.2, -0.15) is 16.9 Å². The number of thioether (sulfide) groups is 1. The van der Waals surface area contributed by atoms with Gasteiger partial charge in [0.15, 0.2) is 0 Å². The molecule has 0 fully saturated rings. The second-order valence-corrected chi connectivity index (χ2v) is 7.49. The van der Waals surface area contributed by atoms with E-state index < -0.39 is 0 Å². The number of benzene rings is 1. The number of rotatable bonds is 8. The zero-order valence-corrected chi connectivity index (χ0v) is 17.2. The summed E-state index contributed by atoms with van der Waals surface area (Å²) < 4.78 is 11.7. The van der Waals surface area contributed by atoms with E-state index in [1.807, 2.05) is 0 Å². The summed E-state index contributed by atoms with van der Waals surface area (Å²) in [4.78, 5) is 25.1. The molecular formula is C18H21ClN4O4S. The Balaban J connectivity index is 1.82. The highest BCUT2D eigenvalue weighted by Crippen LogP contribution is 2.35. The van der Waals surface area contributed by atoms with Gasteiger partial charge in [-0.3, -0.25) is 9.59 Å². The Labute approximate surface area is 171 Å². The minimum Gasteiger partial charge on any atom is -0.496 e. The molecule has 2 heterocycles. The number of halogens is 1. The maximum absolute atomic E-state index is 12.9. The van der Waals surface area contributed by atoms with Gasteiger partial charge in [0.25, 0.3) is 5.91 Å². The van der Waals surface area contributed by atoms with Crippen LogP contribution in [0.1, 0.15) is 21.6 Å². The van der Waals surface area contributed by atoms with Crippen molar-refractivity contribution in [3.63, 3.8) is 0 Å². The largest absolute Gasteiger partial charge is 0.496 e. The van der Waals surface area contributed by atoms with Crippen molar-refractivity contribution in [2.24, 2.45) is 0 Å². The minimum atomic E-state index is -0.375. The molecule has 0 radical (unpaired) electrons. The van der Waals surface area contributed by atoms with E-state index in [4.69, 9.17) is 21.1 Å². The van der Waals surface area contributed by atoms with Gasteiger partial charge in [0.1, 0.15) is 18.1 Å². The molecule has 2 N–H and O–H groups in total. The number of amides is 2. The quantitative estimate of drug-likeness (QED) is 0.631. The molecule has 2 amide bonds. The lowest BCUT2D eigenvalue weighted by atomic mass is 10.2. The third-order valence-electron chi connectivity index (χ3n) is 4.18. The molecular weight excluding hydrogens is 404 g/mol. The molecule has 3 rings (SSSR count). The normalized spacial score (nSPS) is 12.5. The molecule has 1 aliphatic heterocycles. The number of anilines is 1. The summed E-state index contributed by atoms with van der Waals surface area (Å²) in [5, 5.41) is 10.6. The van der Waals surface area contributed by atoms with Crippen LogP contribution in [0.3, 0.4) is 0 Å². The van der Waals surface area contributed by atoms with E-state index >= 15 is 0 Å². The summed E-state index contributed by atoms with van der Waals surface area (Å²) in [7, 11) is 3.06. The van der Waals surface area contributed by atoms with Crippen molar-refractivity contribution in [2.45, 2.75) is 18.1 Å². The Morgan fingerprint density at radius 2 is 2.14 bits per heavy atom. The molecule has 8 nitrogen and oxygen atoms in total. The molecule has 2 aromatic rings. The molecule has 0 saturated heterocycles. The fourth-order valence-corrected chi connectivity index (χ4v) is 4.04. The zero-order chi connectivity index (χ0) is 20.1. The van der Waals surface area contributed by atoms with Gasteiger partial charge in [-0.15, -0.1) is 0 Å². The maximum atomic E-state index is 12.9. The maximum Gasteiger partial charge on any atom is 0.260 e. The summed E-state index contributed by atoms with van der Waals surface area (Å²) in [5.74, 6) is 1.83. The number of methoxy groups -OCH3 is 2. The van der Waals surface area contributed by atoms with E-state index in [1.165, 1.54) is 11.8 Å². The lowest BCUT2D eigenvalue weighted by Gasteiger charge is -2.13. The molecule has 0 bridgehead atoms. The third kappa shape index (κ3) is 4.60. The van der Waals surface area contributed by atoms with E-state index in [0.717, 1.165) is 22.8 Å². The molecule has 0 aliphatic carbocycles. The SMILES string of the molecule is COCCNC(=O)Cn1nc2c(c1NC(=O)c1cc(Cl)ccc1OC)CSC2. The van der Waals surface area contributed by atoms with Crippen LogP contribution in [0.15, 0.2) is 18.2 Å². The highest BCUT2D eigenvalue weighted by molar-refractivity contribution is 7.98. The van der Waals surface area contributed by atoms with Crippen LogP contribution in [0.5, 0.6) is 5.75 Å². The Hall–Kier alpha value is -2.23. The van der Waals surface area contributed by atoms with Gasteiger partial charge >= 0.3 is 0 Å². The first-order valence-corrected chi connectivity index (χ1v) is 10.1. The average molecular weight is 425 g/mol. The number of hydrogen-bond donors (Lipinski definition) is 2. The number of carbonyl (C=O) groups excluding carboxylic acids is 2.